The molecule has 0 fully saturated rings. The third-order valence-corrected chi connectivity index (χ3v) is 4.75. The van der Waals surface area contributed by atoms with E-state index in [1.165, 1.54) is 0 Å². The molecule has 28 heavy (non-hydrogen) atoms. The van der Waals surface area contributed by atoms with Crippen LogP contribution in [0.1, 0.15) is 16.7 Å². The van der Waals surface area contributed by atoms with Crippen LogP contribution in [0.25, 0.3) is 0 Å². The summed E-state index contributed by atoms with van der Waals surface area (Å²) in [6.45, 7) is 1.73. The number of ether oxygens (including phenoxy) is 2. The Kier molecular flexibility index (Phi) is 8.87. The van der Waals surface area contributed by atoms with Gasteiger partial charge in [-0.2, -0.15) is 0 Å². The summed E-state index contributed by atoms with van der Waals surface area (Å²) >= 11 is 12.4. The van der Waals surface area contributed by atoms with Crippen molar-refractivity contribution in [3.8, 4) is 11.5 Å². The number of benzene rings is 2. The first kappa shape index (κ1) is 22.3. The number of pyridine rings is 1. The van der Waals surface area contributed by atoms with Crippen molar-refractivity contribution in [1.82, 2.24) is 10.3 Å². The lowest BCUT2D eigenvalue weighted by atomic mass is 10.2. The molecule has 0 aliphatic carbocycles. The van der Waals surface area contributed by atoms with E-state index in [0.29, 0.717) is 28.1 Å². The van der Waals surface area contributed by atoms with Gasteiger partial charge in [0.05, 0.1) is 7.11 Å². The van der Waals surface area contributed by atoms with Crippen molar-refractivity contribution in [3.63, 3.8) is 0 Å². The Morgan fingerprint density at radius 1 is 0.929 bits per heavy atom. The van der Waals surface area contributed by atoms with Gasteiger partial charge in [-0.3, -0.25) is 4.98 Å². The topological polar surface area (TPSA) is 43.4 Å². The fourth-order valence-corrected chi connectivity index (χ4v) is 3.12. The first-order chi connectivity index (χ1) is 13.2. The number of aromatic nitrogens is 1. The molecule has 0 bridgehead atoms. The SMILES string of the molecule is COc1cc(CNCc2cccnc2)ccc1OCc1c(Cl)cccc1Cl.Cl. The molecule has 3 aromatic rings. The zero-order valence-corrected chi connectivity index (χ0v) is 17.7. The lowest BCUT2D eigenvalue weighted by Gasteiger charge is -2.14. The molecular weight excluding hydrogens is 419 g/mol. The van der Waals surface area contributed by atoms with Crippen LogP contribution in [0.5, 0.6) is 11.5 Å². The quantitative estimate of drug-likeness (QED) is 0.490. The van der Waals surface area contributed by atoms with Crippen LogP contribution >= 0.6 is 35.6 Å². The third-order valence-electron chi connectivity index (χ3n) is 4.04. The Morgan fingerprint density at radius 2 is 1.68 bits per heavy atom. The lowest BCUT2D eigenvalue weighted by Crippen LogP contribution is -2.12. The monoisotopic (exact) mass is 438 g/mol. The van der Waals surface area contributed by atoms with Crippen molar-refractivity contribution >= 4 is 35.6 Å². The van der Waals surface area contributed by atoms with Crippen LogP contribution in [0.2, 0.25) is 10.0 Å². The predicted octanol–water partition coefficient (Wildman–Crippen LogP) is 5.69. The molecular formula is C21H21Cl3N2O2. The minimum absolute atomic E-state index is 0. The van der Waals surface area contributed by atoms with Gasteiger partial charge in [-0.25, -0.2) is 0 Å². The Balaban J connectivity index is 0.00000280. The number of halogens is 3. The summed E-state index contributed by atoms with van der Waals surface area (Å²) in [6.07, 6.45) is 3.62. The summed E-state index contributed by atoms with van der Waals surface area (Å²) in [6, 6.07) is 15.2. The maximum atomic E-state index is 6.19. The van der Waals surface area contributed by atoms with E-state index in [9.17, 15) is 0 Å². The third kappa shape index (κ3) is 6.01. The van der Waals surface area contributed by atoms with Gasteiger partial charge < -0.3 is 14.8 Å². The van der Waals surface area contributed by atoms with Crippen LogP contribution < -0.4 is 14.8 Å². The van der Waals surface area contributed by atoms with Gasteiger partial charge in [-0.1, -0.05) is 41.4 Å². The molecule has 0 atom stereocenters. The molecule has 1 heterocycles. The highest BCUT2D eigenvalue weighted by atomic mass is 35.5. The second kappa shape index (κ2) is 11.1. The minimum Gasteiger partial charge on any atom is -0.493 e. The Hall–Kier alpha value is -1.98. The van der Waals surface area contributed by atoms with Gasteiger partial charge in [-0.15, -0.1) is 12.4 Å². The van der Waals surface area contributed by atoms with E-state index in [0.717, 1.165) is 23.2 Å². The van der Waals surface area contributed by atoms with E-state index in [1.54, 1.807) is 25.4 Å². The molecule has 0 aliphatic heterocycles. The van der Waals surface area contributed by atoms with E-state index >= 15 is 0 Å². The lowest BCUT2D eigenvalue weighted by molar-refractivity contribution is 0.284. The largest absolute Gasteiger partial charge is 0.493 e. The van der Waals surface area contributed by atoms with Gasteiger partial charge in [0, 0.05) is 41.1 Å². The number of methoxy groups -OCH3 is 1. The first-order valence-corrected chi connectivity index (χ1v) is 9.25. The molecule has 148 valence electrons. The van der Waals surface area contributed by atoms with Crippen molar-refractivity contribution < 1.29 is 9.47 Å². The summed E-state index contributed by atoms with van der Waals surface area (Å²) in [4.78, 5) is 4.11. The molecule has 0 amide bonds. The van der Waals surface area contributed by atoms with Gasteiger partial charge in [0.25, 0.3) is 0 Å². The highest BCUT2D eigenvalue weighted by Gasteiger charge is 2.10. The molecule has 1 N–H and O–H groups in total. The van der Waals surface area contributed by atoms with Crippen molar-refractivity contribution in [2.24, 2.45) is 0 Å². The average molecular weight is 440 g/mol. The number of rotatable bonds is 8. The summed E-state index contributed by atoms with van der Waals surface area (Å²) in [5.41, 5.74) is 2.99. The number of nitrogens with zero attached hydrogens (tertiary/aromatic N) is 1. The number of nitrogens with one attached hydrogen (secondary N) is 1. The zero-order valence-electron chi connectivity index (χ0n) is 15.3. The van der Waals surface area contributed by atoms with E-state index in [2.05, 4.69) is 10.3 Å². The van der Waals surface area contributed by atoms with Gasteiger partial charge in [0.15, 0.2) is 11.5 Å². The predicted molar refractivity (Wildman–Crippen MR) is 116 cm³/mol. The van der Waals surface area contributed by atoms with Gasteiger partial charge in [-0.05, 0) is 41.5 Å². The molecule has 0 saturated carbocycles. The fraction of sp³-hybridized carbons (Fsp3) is 0.190. The molecule has 7 heteroatoms. The van der Waals surface area contributed by atoms with Gasteiger partial charge in [0.2, 0.25) is 0 Å². The molecule has 1 aromatic heterocycles. The summed E-state index contributed by atoms with van der Waals surface area (Å²) < 4.78 is 11.4. The second-order valence-electron chi connectivity index (χ2n) is 5.94. The fourth-order valence-electron chi connectivity index (χ4n) is 2.62. The van der Waals surface area contributed by atoms with E-state index in [-0.39, 0.29) is 19.0 Å². The Bertz CT molecular complexity index is 872. The second-order valence-corrected chi connectivity index (χ2v) is 6.75. The van der Waals surface area contributed by atoms with E-state index in [1.807, 2.05) is 42.6 Å². The molecule has 0 aliphatic rings. The molecule has 0 spiro atoms. The summed E-state index contributed by atoms with van der Waals surface area (Å²) in [5, 5.41) is 4.55. The standard InChI is InChI=1S/C21H20Cl2N2O2.ClH/c1-26-21-10-15(11-25-13-16-4-3-9-24-12-16)7-8-20(21)27-14-17-18(22)5-2-6-19(17)23;/h2-10,12,25H,11,13-14H2,1H3;1H. The summed E-state index contributed by atoms with van der Waals surface area (Å²) in [5.74, 6) is 1.31. The van der Waals surface area contributed by atoms with Gasteiger partial charge in [0.1, 0.15) is 6.61 Å². The van der Waals surface area contributed by atoms with Crippen LogP contribution in [0.4, 0.5) is 0 Å². The average Bonchev–Trinajstić information content (AvgIpc) is 2.69. The van der Waals surface area contributed by atoms with E-state index in [4.69, 9.17) is 32.7 Å². The van der Waals surface area contributed by atoms with Crippen molar-refractivity contribution in [1.29, 1.82) is 0 Å². The number of hydrogen-bond acceptors (Lipinski definition) is 4. The van der Waals surface area contributed by atoms with Crippen molar-refractivity contribution in [2.75, 3.05) is 7.11 Å². The van der Waals surface area contributed by atoms with Crippen molar-refractivity contribution in [3.05, 3.63) is 87.7 Å². The zero-order chi connectivity index (χ0) is 19.1. The molecule has 4 nitrogen and oxygen atoms in total. The van der Waals surface area contributed by atoms with Crippen LogP contribution in [0.15, 0.2) is 60.9 Å². The smallest absolute Gasteiger partial charge is 0.161 e. The van der Waals surface area contributed by atoms with E-state index < -0.39 is 0 Å². The highest BCUT2D eigenvalue weighted by Crippen LogP contribution is 2.31. The maximum absolute atomic E-state index is 6.19. The van der Waals surface area contributed by atoms with Crippen LogP contribution in [0, 0.1) is 0 Å². The molecule has 3 rings (SSSR count). The minimum atomic E-state index is 0. The normalized spacial score (nSPS) is 10.2. The Morgan fingerprint density at radius 3 is 2.36 bits per heavy atom. The molecule has 2 aromatic carbocycles. The first-order valence-electron chi connectivity index (χ1n) is 8.49. The van der Waals surface area contributed by atoms with Crippen LogP contribution in [0.3, 0.4) is 0 Å². The summed E-state index contributed by atoms with van der Waals surface area (Å²) in [7, 11) is 1.62. The molecule has 0 radical (unpaired) electrons. The molecule has 0 unspecified atom stereocenters. The number of hydrogen-bond donors (Lipinski definition) is 1. The van der Waals surface area contributed by atoms with Crippen LogP contribution in [-0.2, 0) is 19.7 Å². The Labute approximate surface area is 181 Å². The van der Waals surface area contributed by atoms with Gasteiger partial charge >= 0.3 is 0 Å². The maximum Gasteiger partial charge on any atom is 0.161 e. The molecule has 0 saturated heterocycles. The highest BCUT2D eigenvalue weighted by molar-refractivity contribution is 6.35. The van der Waals surface area contributed by atoms with Crippen LogP contribution in [-0.4, -0.2) is 12.1 Å². The van der Waals surface area contributed by atoms with Crippen molar-refractivity contribution in [2.45, 2.75) is 19.7 Å².